The summed E-state index contributed by atoms with van der Waals surface area (Å²) in [6, 6.07) is 1.90. The van der Waals surface area contributed by atoms with Gasteiger partial charge < -0.3 is 14.4 Å². The van der Waals surface area contributed by atoms with Gasteiger partial charge in [-0.15, -0.1) is 11.6 Å². The van der Waals surface area contributed by atoms with Gasteiger partial charge in [0.2, 0.25) is 5.88 Å². The summed E-state index contributed by atoms with van der Waals surface area (Å²) in [4.78, 5) is 10.7. The number of anilines is 1. The largest absolute Gasteiger partial charge is 0.475 e. The first-order valence-corrected chi connectivity index (χ1v) is 7.63. The van der Waals surface area contributed by atoms with Crippen LogP contribution in [0.3, 0.4) is 0 Å². The molecule has 0 aliphatic carbocycles. The smallest absolute Gasteiger partial charge is 0.218 e. The van der Waals surface area contributed by atoms with Crippen molar-refractivity contribution >= 4 is 17.4 Å². The summed E-state index contributed by atoms with van der Waals surface area (Å²) in [5, 5.41) is 0. The zero-order chi connectivity index (χ0) is 14.4. The van der Waals surface area contributed by atoms with Gasteiger partial charge in [0.15, 0.2) is 0 Å². The predicted octanol–water partition coefficient (Wildman–Crippen LogP) is 2.49. The average Bonchev–Trinajstić information content (AvgIpc) is 2.45. The second kappa shape index (κ2) is 7.64. The van der Waals surface area contributed by atoms with Gasteiger partial charge in [0, 0.05) is 25.0 Å². The van der Waals surface area contributed by atoms with E-state index in [1.165, 1.54) is 0 Å². The van der Waals surface area contributed by atoms with Gasteiger partial charge in [-0.2, -0.15) is 0 Å². The Balaban J connectivity index is 1.89. The lowest BCUT2D eigenvalue weighted by molar-refractivity contribution is 0.0471. The van der Waals surface area contributed by atoms with Crippen LogP contribution in [0.15, 0.2) is 12.4 Å². The van der Waals surface area contributed by atoms with Crippen molar-refractivity contribution in [2.75, 3.05) is 30.5 Å². The predicted molar refractivity (Wildman–Crippen MR) is 79.7 cm³/mol. The molecular formula is C14H22ClN3O2. The molecule has 1 aromatic rings. The number of aromatic nitrogens is 2. The second-order valence-electron chi connectivity index (χ2n) is 5.13. The van der Waals surface area contributed by atoms with E-state index in [-0.39, 0.29) is 6.10 Å². The van der Waals surface area contributed by atoms with Crippen LogP contribution >= 0.6 is 11.6 Å². The minimum atomic E-state index is 0.118. The highest BCUT2D eigenvalue weighted by Crippen LogP contribution is 2.22. The van der Waals surface area contributed by atoms with Crippen molar-refractivity contribution < 1.29 is 9.47 Å². The minimum absolute atomic E-state index is 0.118. The van der Waals surface area contributed by atoms with Crippen molar-refractivity contribution in [3.05, 3.63) is 12.4 Å². The van der Waals surface area contributed by atoms with Crippen LogP contribution in [0.25, 0.3) is 0 Å². The van der Waals surface area contributed by atoms with Crippen molar-refractivity contribution in [3.8, 4) is 5.88 Å². The van der Waals surface area contributed by atoms with Gasteiger partial charge in [-0.25, -0.2) is 9.97 Å². The molecule has 0 spiro atoms. The van der Waals surface area contributed by atoms with E-state index in [0.29, 0.717) is 24.5 Å². The lowest BCUT2D eigenvalue weighted by Gasteiger charge is -2.32. The van der Waals surface area contributed by atoms with E-state index in [2.05, 4.69) is 14.9 Å². The molecule has 1 aliphatic rings. The molecule has 2 heterocycles. The maximum Gasteiger partial charge on any atom is 0.218 e. The maximum atomic E-state index is 5.68. The molecule has 1 saturated heterocycles. The summed E-state index contributed by atoms with van der Waals surface area (Å²) in [7, 11) is 0. The third-order valence-corrected chi connectivity index (χ3v) is 3.33. The summed E-state index contributed by atoms with van der Waals surface area (Å²) in [6.07, 6.45) is 4.00. The van der Waals surface area contributed by atoms with Crippen molar-refractivity contribution in [2.45, 2.75) is 38.9 Å². The number of hydrogen-bond acceptors (Lipinski definition) is 5. The highest BCUT2D eigenvalue weighted by molar-refractivity contribution is 6.17. The summed E-state index contributed by atoms with van der Waals surface area (Å²) < 4.78 is 11.3. The van der Waals surface area contributed by atoms with Gasteiger partial charge in [0.1, 0.15) is 12.1 Å². The number of piperidine rings is 1. The van der Waals surface area contributed by atoms with Crippen LogP contribution in [-0.4, -0.2) is 47.8 Å². The monoisotopic (exact) mass is 299 g/mol. The fourth-order valence-corrected chi connectivity index (χ4v) is 2.36. The van der Waals surface area contributed by atoms with Crippen LogP contribution in [0.5, 0.6) is 5.88 Å². The van der Waals surface area contributed by atoms with E-state index < -0.39 is 0 Å². The zero-order valence-electron chi connectivity index (χ0n) is 12.1. The molecule has 0 amide bonds. The minimum Gasteiger partial charge on any atom is -0.475 e. The molecule has 1 aromatic heterocycles. The van der Waals surface area contributed by atoms with Crippen molar-refractivity contribution in [1.82, 2.24) is 9.97 Å². The van der Waals surface area contributed by atoms with E-state index in [1.807, 2.05) is 19.9 Å². The number of ether oxygens (including phenoxy) is 2. The number of rotatable bonds is 6. The Bertz CT molecular complexity index is 409. The Morgan fingerprint density at radius 1 is 1.35 bits per heavy atom. The molecule has 112 valence electrons. The van der Waals surface area contributed by atoms with Gasteiger partial charge in [0.05, 0.1) is 18.8 Å². The molecule has 5 nitrogen and oxygen atoms in total. The zero-order valence-corrected chi connectivity index (χ0v) is 12.8. The molecule has 2 rings (SSSR count). The highest BCUT2D eigenvalue weighted by Gasteiger charge is 2.21. The van der Waals surface area contributed by atoms with Gasteiger partial charge >= 0.3 is 0 Å². The van der Waals surface area contributed by atoms with Crippen molar-refractivity contribution in [2.24, 2.45) is 0 Å². The van der Waals surface area contributed by atoms with Crippen LogP contribution in [0.4, 0.5) is 5.82 Å². The first kappa shape index (κ1) is 15.3. The van der Waals surface area contributed by atoms with Gasteiger partial charge in [-0.3, -0.25) is 0 Å². The van der Waals surface area contributed by atoms with Gasteiger partial charge in [-0.1, -0.05) is 0 Å². The van der Waals surface area contributed by atoms with E-state index in [9.17, 15) is 0 Å². The van der Waals surface area contributed by atoms with Gasteiger partial charge in [0.25, 0.3) is 0 Å². The van der Waals surface area contributed by atoms with E-state index in [4.69, 9.17) is 21.1 Å². The van der Waals surface area contributed by atoms with Crippen molar-refractivity contribution in [3.63, 3.8) is 0 Å². The Hall–Kier alpha value is -1.07. The molecule has 20 heavy (non-hydrogen) atoms. The molecule has 0 saturated carbocycles. The summed E-state index contributed by atoms with van der Waals surface area (Å²) >= 11 is 5.64. The maximum absolute atomic E-state index is 5.68. The summed E-state index contributed by atoms with van der Waals surface area (Å²) in [5.41, 5.74) is 0. The van der Waals surface area contributed by atoms with E-state index in [0.717, 1.165) is 31.7 Å². The van der Waals surface area contributed by atoms with E-state index in [1.54, 1.807) is 6.33 Å². The van der Waals surface area contributed by atoms with Gasteiger partial charge in [-0.05, 0) is 26.7 Å². The van der Waals surface area contributed by atoms with Crippen LogP contribution in [-0.2, 0) is 4.74 Å². The number of nitrogens with zero attached hydrogens (tertiary/aromatic N) is 3. The quantitative estimate of drug-likeness (QED) is 0.755. The molecule has 1 fully saturated rings. The summed E-state index contributed by atoms with van der Waals surface area (Å²) in [6.45, 7) is 6.48. The molecule has 0 radical (unpaired) electrons. The Morgan fingerprint density at radius 3 is 2.75 bits per heavy atom. The molecular weight excluding hydrogens is 278 g/mol. The SMILES string of the molecule is CC(C)Oc1cc(N2CCC(OCCCl)CC2)ncn1. The van der Waals surface area contributed by atoms with Crippen LogP contribution in [0, 0.1) is 0 Å². The third-order valence-electron chi connectivity index (χ3n) is 3.18. The topological polar surface area (TPSA) is 47.5 Å². The standard InChI is InChI=1S/C14H22ClN3O2/c1-11(2)20-14-9-13(16-10-17-14)18-6-3-12(4-7-18)19-8-5-15/h9-12H,3-8H2,1-2H3. The lowest BCUT2D eigenvalue weighted by atomic mass is 10.1. The van der Waals surface area contributed by atoms with Crippen LogP contribution in [0.1, 0.15) is 26.7 Å². The van der Waals surface area contributed by atoms with Crippen LogP contribution < -0.4 is 9.64 Å². The molecule has 0 bridgehead atoms. The second-order valence-corrected chi connectivity index (χ2v) is 5.51. The number of halogens is 1. The lowest BCUT2D eigenvalue weighted by Crippen LogP contribution is -2.37. The number of alkyl halides is 1. The Labute approximate surface area is 125 Å². The number of hydrogen-bond donors (Lipinski definition) is 0. The first-order valence-electron chi connectivity index (χ1n) is 7.10. The molecule has 0 N–H and O–H groups in total. The third kappa shape index (κ3) is 4.49. The Kier molecular flexibility index (Phi) is 5.86. The van der Waals surface area contributed by atoms with Crippen molar-refractivity contribution in [1.29, 1.82) is 0 Å². The first-order chi connectivity index (χ1) is 9.69. The fourth-order valence-electron chi connectivity index (χ4n) is 2.27. The Morgan fingerprint density at radius 2 is 2.10 bits per heavy atom. The van der Waals surface area contributed by atoms with Crippen LogP contribution in [0.2, 0.25) is 0 Å². The highest BCUT2D eigenvalue weighted by atomic mass is 35.5. The molecule has 0 aromatic carbocycles. The fraction of sp³-hybridized carbons (Fsp3) is 0.714. The average molecular weight is 300 g/mol. The molecule has 0 atom stereocenters. The normalized spacial score (nSPS) is 16.7. The van der Waals surface area contributed by atoms with E-state index >= 15 is 0 Å². The summed E-state index contributed by atoms with van der Waals surface area (Å²) in [5.74, 6) is 2.11. The molecule has 6 heteroatoms. The molecule has 1 aliphatic heterocycles. The molecule has 0 unspecified atom stereocenters.